The Morgan fingerprint density at radius 1 is 1.24 bits per heavy atom. The van der Waals surface area contributed by atoms with Gasteiger partial charge >= 0.3 is 0 Å². The normalized spacial score (nSPS) is 11.3. The quantitative estimate of drug-likeness (QED) is 0.579. The highest BCUT2D eigenvalue weighted by molar-refractivity contribution is 5.98. The van der Waals surface area contributed by atoms with Crippen LogP contribution < -0.4 is 10.1 Å². The number of benzene rings is 2. The van der Waals surface area contributed by atoms with Gasteiger partial charge in [0.1, 0.15) is 5.75 Å². The maximum absolute atomic E-state index is 12.6. The number of aliphatic hydroxyl groups excluding tert-OH is 1. The number of aliphatic hydroxyl groups is 1. The molecule has 29 heavy (non-hydrogen) atoms. The molecule has 150 valence electrons. The van der Waals surface area contributed by atoms with Crippen molar-refractivity contribution >= 4 is 12.0 Å². The molecule has 1 amide bonds. The molecule has 0 atom stereocenters. The molecule has 0 saturated carbocycles. The van der Waals surface area contributed by atoms with E-state index in [-0.39, 0.29) is 19.1 Å². The van der Waals surface area contributed by atoms with Gasteiger partial charge < -0.3 is 19.7 Å². The summed E-state index contributed by atoms with van der Waals surface area (Å²) in [4.78, 5) is 16.9. The molecule has 6 nitrogen and oxygen atoms in total. The number of imidazole rings is 1. The van der Waals surface area contributed by atoms with Crippen LogP contribution in [0.4, 0.5) is 0 Å². The molecule has 0 aliphatic carbocycles. The minimum Gasteiger partial charge on any atom is -0.495 e. The van der Waals surface area contributed by atoms with Crippen molar-refractivity contribution in [2.45, 2.75) is 13.3 Å². The molecule has 1 heterocycles. The van der Waals surface area contributed by atoms with Gasteiger partial charge in [-0.2, -0.15) is 0 Å². The molecule has 1 aromatic heterocycles. The van der Waals surface area contributed by atoms with Crippen molar-refractivity contribution in [2.24, 2.45) is 0 Å². The van der Waals surface area contributed by atoms with Crippen molar-refractivity contribution in [3.8, 4) is 11.4 Å². The fraction of sp³-hybridized carbons (Fsp3) is 0.217. The molecule has 0 saturated heterocycles. The van der Waals surface area contributed by atoms with Crippen LogP contribution >= 0.6 is 0 Å². The molecule has 0 spiro atoms. The molecule has 0 aliphatic rings. The van der Waals surface area contributed by atoms with Crippen molar-refractivity contribution in [3.63, 3.8) is 0 Å². The number of rotatable bonds is 8. The van der Waals surface area contributed by atoms with E-state index in [1.54, 1.807) is 13.4 Å². The van der Waals surface area contributed by atoms with Crippen LogP contribution in [0.2, 0.25) is 0 Å². The number of aryl methyl sites for hydroxylation is 1. The monoisotopic (exact) mass is 391 g/mol. The standard InChI is InChI=1S/C23H25N3O3/c1-17-15-26(16-25-17)21-9-8-19(14-22(21)29-2)13-20(23(28)24-10-11-27)12-18-6-4-3-5-7-18/h3-9,13-16,27H,10-12H2,1-2H3,(H,24,28)/b20-13+. The zero-order valence-electron chi connectivity index (χ0n) is 16.6. The lowest BCUT2D eigenvalue weighted by Gasteiger charge is -2.12. The van der Waals surface area contributed by atoms with Crippen LogP contribution in [0.5, 0.6) is 5.75 Å². The first-order valence-corrected chi connectivity index (χ1v) is 9.43. The minimum absolute atomic E-state index is 0.100. The summed E-state index contributed by atoms with van der Waals surface area (Å²) in [6, 6.07) is 15.6. The lowest BCUT2D eigenvalue weighted by atomic mass is 10.0. The Morgan fingerprint density at radius 3 is 2.69 bits per heavy atom. The van der Waals surface area contributed by atoms with Gasteiger partial charge in [0.05, 0.1) is 31.4 Å². The largest absolute Gasteiger partial charge is 0.495 e. The Morgan fingerprint density at radius 2 is 2.03 bits per heavy atom. The van der Waals surface area contributed by atoms with Crippen LogP contribution in [-0.2, 0) is 11.2 Å². The van der Waals surface area contributed by atoms with Gasteiger partial charge in [-0.05, 0) is 36.3 Å². The van der Waals surface area contributed by atoms with Gasteiger partial charge in [-0.3, -0.25) is 4.79 Å². The maximum atomic E-state index is 12.6. The summed E-state index contributed by atoms with van der Waals surface area (Å²) >= 11 is 0. The highest BCUT2D eigenvalue weighted by Crippen LogP contribution is 2.26. The van der Waals surface area contributed by atoms with Gasteiger partial charge in [-0.25, -0.2) is 4.98 Å². The van der Waals surface area contributed by atoms with Gasteiger partial charge in [-0.1, -0.05) is 36.4 Å². The zero-order chi connectivity index (χ0) is 20.6. The Hall–Kier alpha value is -3.38. The van der Waals surface area contributed by atoms with E-state index in [1.165, 1.54) is 0 Å². The van der Waals surface area contributed by atoms with Crippen LogP contribution in [0.1, 0.15) is 16.8 Å². The van der Waals surface area contributed by atoms with Crippen molar-refractivity contribution < 1.29 is 14.6 Å². The third-order valence-electron chi connectivity index (χ3n) is 4.46. The second-order valence-electron chi connectivity index (χ2n) is 6.67. The Labute approximate surface area is 170 Å². The number of amides is 1. The van der Waals surface area contributed by atoms with Gasteiger partial charge in [0.15, 0.2) is 0 Å². The molecule has 2 aromatic carbocycles. The first kappa shape index (κ1) is 20.4. The number of nitrogens with one attached hydrogen (secondary N) is 1. The summed E-state index contributed by atoms with van der Waals surface area (Å²) in [6.07, 6.45) is 6.01. The van der Waals surface area contributed by atoms with Crippen molar-refractivity contribution in [1.82, 2.24) is 14.9 Å². The van der Waals surface area contributed by atoms with Gasteiger partial charge in [0.2, 0.25) is 5.91 Å². The van der Waals surface area contributed by atoms with E-state index >= 15 is 0 Å². The van der Waals surface area contributed by atoms with Gasteiger partial charge in [0, 0.05) is 24.7 Å². The fourth-order valence-corrected chi connectivity index (χ4v) is 3.05. The third-order valence-corrected chi connectivity index (χ3v) is 4.46. The van der Waals surface area contributed by atoms with E-state index in [9.17, 15) is 4.79 Å². The number of carbonyl (C=O) groups is 1. The smallest absolute Gasteiger partial charge is 0.247 e. The molecule has 0 radical (unpaired) electrons. The van der Waals surface area contributed by atoms with Crippen LogP contribution in [0.25, 0.3) is 11.8 Å². The predicted octanol–water partition coefficient (Wildman–Crippen LogP) is 2.92. The summed E-state index contributed by atoms with van der Waals surface area (Å²) in [5.74, 6) is 0.488. The van der Waals surface area contributed by atoms with Crippen LogP contribution in [0, 0.1) is 6.92 Å². The van der Waals surface area contributed by atoms with E-state index in [0.29, 0.717) is 17.7 Å². The molecule has 0 unspecified atom stereocenters. The van der Waals surface area contributed by atoms with E-state index in [2.05, 4.69) is 10.3 Å². The van der Waals surface area contributed by atoms with Gasteiger partial charge in [0.25, 0.3) is 0 Å². The summed E-state index contributed by atoms with van der Waals surface area (Å²) in [5.41, 5.74) is 4.29. The first-order valence-electron chi connectivity index (χ1n) is 9.43. The SMILES string of the molecule is COc1cc(/C=C(\Cc2ccccc2)C(=O)NCCO)ccc1-n1cnc(C)c1. The third kappa shape index (κ3) is 5.33. The Balaban J connectivity index is 1.94. The molecular formula is C23H25N3O3. The molecule has 6 heteroatoms. The second-order valence-corrected chi connectivity index (χ2v) is 6.67. The number of ether oxygens (including phenoxy) is 1. The van der Waals surface area contributed by atoms with E-state index in [1.807, 2.05) is 72.3 Å². The fourth-order valence-electron chi connectivity index (χ4n) is 3.05. The summed E-state index contributed by atoms with van der Waals surface area (Å²) in [6.45, 7) is 2.05. The number of carbonyl (C=O) groups excluding carboxylic acids is 1. The number of hydrogen-bond acceptors (Lipinski definition) is 4. The van der Waals surface area contributed by atoms with Crippen LogP contribution in [0.3, 0.4) is 0 Å². The summed E-state index contributed by atoms with van der Waals surface area (Å²) < 4.78 is 7.47. The molecule has 0 fully saturated rings. The molecule has 3 rings (SSSR count). The van der Waals surface area contributed by atoms with Crippen molar-refractivity contribution in [3.05, 3.63) is 83.4 Å². The van der Waals surface area contributed by atoms with Crippen LogP contribution in [-0.4, -0.2) is 40.8 Å². The lowest BCUT2D eigenvalue weighted by Crippen LogP contribution is -2.28. The molecule has 0 aliphatic heterocycles. The lowest BCUT2D eigenvalue weighted by molar-refractivity contribution is -0.117. The molecular weight excluding hydrogens is 366 g/mol. The Bertz CT molecular complexity index is 994. The number of methoxy groups -OCH3 is 1. The van der Waals surface area contributed by atoms with Crippen molar-refractivity contribution in [1.29, 1.82) is 0 Å². The summed E-state index contributed by atoms with van der Waals surface area (Å²) in [5, 5.41) is 11.8. The highest BCUT2D eigenvalue weighted by atomic mass is 16.5. The predicted molar refractivity (Wildman–Crippen MR) is 113 cm³/mol. The number of nitrogens with zero attached hydrogens (tertiary/aromatic N) is 2. The highest BCUT2D eigenvalue weighted by Gasteiger charge is 2.12. The molecule has 0 bridgehead atoms. The second kappa shape index (κ2) is 9.71. The zero-order valence-corrected chi connectivity index (χ0v) is 16.6. The summed E-state index contributed by atoms with van der Waals surface area (Å²) in [7, 11) is 1.62. The van der Waals surface area contributed by atoms with Crippen molar-refractivity contribution in [2.75, 3.05) is 20.3 Å². The topological polar surface area (TPSA) is 76.4 Å². The molecule has 3 aromatic rings. The minimum atomic E-state index is -0.198. The van der Waals surface area contributed by atoms with Crippen LogP contribution in [0.15, 0.2) is 66.6 Å². The van der Waals surface area contributed by atoms with E-state index in [0.717, 1.165) is 22.5 Å². The average Bonchev–Trinajstić information content (AvgIpc) is 3.18. The van der Waals surface area contributed by atoms with Gasteiger partial charge in [-0.15, -0.1) is 0 Å². The first-order chi connectivity index (χ1) is 14.1. The molecule has 2 N–H and O–H groups in total. The van der Waals surface area contributed by atoms with E-state index < -0.39 is 0 Å². The number of hydrogen-bond donors (Lipinski definition) is 2. The maximum Gasteiger partial charge on any atom is 0.247 e. The Kier molecular flexibility index (Phi) is 6.81. The number of aromatic nitrogens is 2. The average molecular weight is 391 g/mol. The van der Waals surface area contributed by atoms with E-state index in [4.69, 9.17) is 9.84 Å².